The Morgan fingerprint density at radius 3 is 2.41 bits per heavy atom. The van der Waals surface area contributed by atoms with Crippen molar-refractivity contribution in [3.63, 3.8) is 0 Å². The summed E-state index contributed by atoms with van der Waals surface area (Å²) >= 11 is 0. The zero-order chi connectivity index (χ0) is 15.7. The average molecular weight is 300 g/mol. The van der Waals surface area contributed by atoms with Crippen molar-refractivity contribution < 1.29 is 23.7 Å². The van der Waals surface area contributed by atoms with Crippen molar-refractivity contribution in [1.82, 2.24) is 0 Å². The third kappa shape index (κ3) is 2.35. The molecule has 5 heteroatoms. The minimum Gasteiger partial charge on any atom is -0.493 e. The van der Waals surface area contributed by atoms with Crippen molar-refractivity contribution in [3.8, 4) is 23.0 Å². The minimum atomic E-state index is -0.100. The molecule has 0 bridgehead atoms. The van der Waals surface area contributed by atoms with Gasteiger partial charge in [-0.1, -0.05) is 0 Å². The number of benzene rings is 2. The molecule has 0 fully saturated rings. The van der Waals surface area contributed by atoms with Crippen LogP contribution in [0.5, 0.6) is 23.0 Å². The standard InChI is InChI=1S/C17H16O5/c1-10-6-14(19-2)15(20-3)8-12(10)17(18)11-4-5-13-16(7-11)22-9-21-13/h4-8H,9H2,1-3H3. The number of hydrogen-bond donors (Lipinski definition) is 0. The Balaban J connectivity index is 2.01. The van der Waals surface area contributed by atoms with Crippen LogP contribution < -0.4 is 18.9 Å². The second-order valence-electron chi connectivity index (χ2n) is 4.92. The molecule has 0 atom stereocenters. The Kier molecular flexibility index (Phi) is 3.63. The van der Waals surface area contributed by atoms with Gasteiger partial charge in [-0.2, -0.15) is 0 Å². The van der Waals surface area contributed by atoms with Crippen molar-refractivity contribution in [2.75, 3.05) is 21.0 Å². The number of carbonyl (C=O) groups is 1. The van der Waals surface area contributed by atoms with Gasteiger partial charge in [-0.15, -0.1) is 0 Å². The molecule has 0 N–H and O–H groups in total. The van der Waals surface area contributed by atoms with E-state index in [1.807, 2.05) is 6.92 Å². The molecule has 114 valence electrons. The largest absolute Gasteiger partial charge is 0.493 e. The summed E-state index contributed by atoms with van der Waals surface area (Å²) in [6.45, 7) is 2.05. The predicted molar refractivity (Wildman–Crippen MR) is 80.3 cm³/mol. The molecule has 1 aliphatic heterocycles. The lowest BCUT2D eigenvalue weighted by molar-refractivity contribution is 0.103. The van der Waals surface area contributed by atoms with E-state index in [0.717, 1.165) is 5.56 Å². The van der Waals surface area contributed by atoms with Crippen molar-refractivity contribution in [3.05, 3.63) is 47.0 Å². The second-order valence-corrected chi connectivity index (χ2v) is 4.92. The third-order valence-corrected chi connectivity index (χ3v) is 3.61. The van der Waals surface area contributed by atoms with E-state index in [0.29, 0.717) is 34.1 Å². The molecule has 1 heterocycles. The van der Waals surface area contributed by atoms with E-state index in [2.05, 4.69) is 0 Å². The molecule has 1 aliphatic rings. The number of methoxy groups -OCH3 is 2. The number of aryl methyl sites for hydroxylation is 1. The predicted octanol–water partition coefficient (Wildman–Crippen LogP) is 2.97. The molecule has 0 aromatic heterocycles. The molecular weight excluding hydrogens is 284 g/mol. The molecular formula is C17H16O5. The highest BCUT2D eigenvalue weighted by Gasteiger charge is 2.20. The smallest absolute Gasteiger partial charge is 0.231 e. The summed E-state index contributed by atoms with van der Waals surface area (Å²) in [5.41, 5.74) is 1.93. The van der Waals surface area contributed by atoms with Gasteiger partial charge in [0.2, 0.25) is 6.79 Å². The summed E-state index contributed by atoms with van der Waals surface area (Å²) in [6, 6.07) is 8.65. The summed E-state index contributed by atoms with van der Waals surface area (Å²) in [5.74, 6) is 2.26. The third-order valence-electron chi connectivity index (χ3n) is 3.61. The number of carbonyl (C=O) groups excluding carboxylic acids is 1. The number of ether oxygens (including phenoxy) is 4. The summed E-state index contributed by atoms with van der Waals surface area (Å²) in [6.07, 6.45) is 0. The van der Waals surface area contributed by atoms with E-state index in [-0.39, 0.29) is 12.6 Å². The van der Waals surface area contributed by atoms with E-state index in [1.54, 1.807) is 44.6 Å². The molecule has 0 aliphatic carbocycles. The van der Waals surface area contributed by atoms with Gasteiger partial charge in [-0.05, 0) is 42.8 Å². The van der Waals surface area contributed by atoms with Crippen LogP contribution in [0.15, 0.2) is 30.3 Å². The Morgan fingerprint density at radius 1 is 1.00 bits per heavy atom. The zero-order valence-electron chi connectivity index (χ0n) is 12.6. The summed E-state index contributed by atoms with van der Waals surface area (Å²) in [7, 11) is 3.11. The zero-order valence-corrected chi connectivity index (χ0v) is 12.6. The maximum Gasteiger partial charge on any atom is 0.231 e. The average Bonchev–Trinajstić information content (AvgIpc) is 3.01. The molecule has 2 aromatic carbocycles. The Labute approximate surface area is 128 Å². The van der Waals surface area contributed by atoms with Crippen LogP contribution in [0.3, 0.4) is 0 Å². The molecule has 0 saturated heterocycles. The van der Waals surface area contributed by atoms with E-state index < -0.39 is 0 Å². The van der Waals surface area contributed by atoms with E-state index in [9.17, 15) is 4.79 Å². The lowest BCUT2D eigenvalue weighted by Crippen LogP contribution is -2.05. The molecule has 3 rings (SSSR count). The molecule has 0 saturated carbocycles. The lowest BCUT2D eigenvalue weighted by atomic mass is 9.98. The van der Waals surface area contributed by atoms with Crippen LogP contribution in [-0.4, -0.2) is 26.8 Å². The monoisotopic (exact) mass is 300 g/mol. The van der Waals surface area contributed by atoms with Gasteiger partial charge in [0.1, 0.15) is 0 Å². The van der Waals surface area contributed by atoms with Crippen molar-refractivity contribution in [2.45, 2.75) is 6.92 Å². The van der Waals surface area contributed by atoms with Crippen molar-refractivity contribution in [1.29, 1.82) is 0 Å². The quantitative estimate of drug-likeness (QED) is 0.813. The van der Waals surface area contributed by atoms with Crippen LogP contribution in [0.2, 0.25) is 0 Å². The summed E-state index contributed by atoms with van der Waals surface area (Å²) < 4.78 is 21.1. The van der Waals surface area contributed by atoms with E-state index >= 15 is 0 Å². The highest BCUT2D eigenvalue weighted by molar-refractivity contribution is 6.10. The first-order chi connectivity index (χ1) is 10.6. The van der Waals surface area contributed by atoms with Gasteiger partial charge in [0.25, 0.3) is 0 Å². The molecule has 0 unspecified atom stereocenters. The number of hydrogen-bond acceptors (Lipinski definition) is 5. The molecule has 0 spiro atoms. The Morgan fingerprint density at radius 2 is 1.68 bits per heavy atom. The highest BCUT2D eigenvalue weighted by Crippen LogP contribution is 2.35. The second kappa shape index (κ2) is 5.60. The number of ketones is 1. The minimum absolute atomic E-state index is 0.100. The number of fused-ring (bicyclic) bond motifs is 1. The molecule has 22 heavy (non-hydrogen) atoms. The van der Waals surface area contributed by atoms with E-state index in [4.69, 9.17) is 18.9 Å². The van der Waals surface area contributed by atoms with Crippen LogP contribution >= 0.6 is 0 Å². The van der Waals surface area contributed by atoms with Crippen molar-refractivity contribution >= 4 is 5.78 Å². The fourth-order valence-corrected chi connectivity index (χ4v) is 2.42. The first kappa shape index (κ1) is 14.3. The number of rotatable bonds is 4. The van der Waals surface area contributed by atoms with Crippen LogP contribution in [0.1, 0.15) is 21.5 Å². The summed E-state index contributed by atoms with van der Waals surface area (Å²) in [4.78, 5) is 12.7. The van der Waals surface area contributed by atoms with Gasteiger partial charge in [0.15, 0.2) is 28.8 Å². The first-order valence-electron chi connectivity index (χ1n) is 6.81. The highest BCUT2D eigenvalue weighted by atomic mass is 16.7. The lowest BCUT2D eigenvalue weighted by Gasteiger charge is -2.12. The van der Waals surface area contributed by atoms with Crippen LogP contribution in [0.25, 0.3) is 0 Å². The van der Waals surface area contributed by atoms with Gasteiger partial charge in [-0.3, -0.25) is 4.79 Å². The van der Waals surface area contributed by atoms with Gasteiger partial charge in [0.05, 0.1) is 14.2 Å². The SMILES string of the molecule is COc1cc(C)c(C(=O)c2ccc3c(c2)OCO3)cc1OC. The Bertz CT molecular complexity index is 736. The molecule has 0 radical (unpaired) electrons. The topological polar surface area (TPSA) is 54.0 Å². The van der Waals surface area contributed by atoms with Crippen LogP contribution in [-0.2, 0) is 0 Å². The van der Waals surface area contributed by atoms with Gasteiger partial charge in [-0.25, -0.2) is 0 Å². The van der Waals surface area contributed by atoms with Crippen LogP contribution in [0.4, 0.5) is 0 Å². The van der Waals surface area contributed by atoms with Crippen LogP contribution in [0, 0.1) is 6.92 Å². The maximum absolute atomic E-state index is 12.7. The fraction of sp³-hybridized carbons (Fsp3) is 0.235. The van der Waals surface area contributed by atoms with Crippen molar-refractivity contribution in [2.24, 2.45) is 0 Å². The summed E-state index contributed by atoms with van der Waals surface area (Å²) in [5, 5.41) is 0. The Hall–Kier alpha value is -2.69. The molecule has 5 nitrogen and oxygen atoms in total. The van der Waals surface area contributed by atoms with Gasteiger partial charge >= 0.3 is 0 Å². The molecule has 0 amide bonds. The fourth-order valence-electron chi connectivity index (χ4n) is 2.42. The van der Waals surface area contributed by atoms with Gasteiger partial charge in [0, 0.05) is 11.1 Å². The first-order valence-corrected chi connectivity index (χ1v) is 6.81. The molecule has 2 aromatic rings. The normalized spacial score (nSPS) is 12.1. The van der Waals surface area contributed by atoms with E-state index in [1.165, 1.54) is 0 Å². The van der Waals surface area contributed by atoms with Gasteiger partial charge < -0.3 is 18.9 Å². The maximum atomic E-state index is 12.7.